The van der Waals surface area contributed by atoms with Gasteiger partial charge in [0.2, 0.25) is 5.91 Å². The fourth-order valence-corrected chi connectivity index (χ4v) is 3.21. The number of piperidine rings is 1. The van der Waals surface area contributed by atoms with Crippen molar-refractivity contribution >= 4 is 17.5 Å². The van der Waals surface area contributed by atoms with Gasteiger partial charge in [0.05, 0.1) is 0 Å². The third-order valence-electron chi connectivity index (χ3n) is 4.13. The fraction of sp³-hybridized carbons (Fsp3) is 0.938. The van der Waals surface area contributed by atoms with Gasteiger partial charge in [0.1, 0.15) is 0 Å². The zero-order chi connectivity index (χ0) is 13.9. The number of hydrogen-bond donors (Lipinski definition) is 0. The third kappa shape index (κ3) is 6.65. The molecule has 0 spiro atoms. The highest BCUT2D eigenvalue weighted by atomic mass is 35.5. The predicted octanol–water partition coefficient (Wildman–Crippen LogP) is 4.75. The van der Waals surface area contributed by atoms with Crippen LogP contribution in [0.25, 0.3) is 0 Å². The van der Waals surface area contributed by atoms with E-state index in [0.29, 0.717) is 17.8 Å². The second-order valence-corrected chi connectivity index (χ2v) is 6.11. The van der Waals surface area contributed by atoms with E-state index in [2.05, 4.69) is 11.8 Å². The number of alkyl halides is 1. The molecule has 1 saturated heterocycles. The summed E-state index contributed by atoms with van der Waals surface area (Å²) in [5, 5.41) is 0. The largest absolute Gasteiger partial charge is 0.340 e. The van der Waals surface area contributed by atoms with Crippen molar-refractivity contribution in [3.63, 3.8) is 0 Å². The van der Waals surface area contributed by atoms with Crippen LogP contribution in [-0.4, -0.2) is 29.3 Å². The lowest BCUT2D eigenvalue weighted by Gasteiger charge is -2.35. The van der Waals surface area contributed by atoms with Crippen molar-refractivity contribution < 1.29 is 4.79 Å². The molecule has 0 aromatic heterocycles. The summed E-state index contributed by atoms with van der Waals surface area (Å²) in [6.45, 7) is 3.19. The van der Waals surface area contributed by atoms with Crippen LogP contribution in [0, 0.1) is 0 Å². The molecule has 3 heteroatoms. The Morgan fingerprint density at radius 2 is 1.89 bits per heavy atom. The zero-order valence-corrected chi connectivity index (χ0v) is 13.3. The van der Waals surface area contributed by atoms with Gasteiger partial charge in [0, 0.05) is 24.9 Å². The van der Waals surface area contributed by atoms with Gasteiger partial charge < -0.3 is 4.90 Å². The van der Waals surface area contributed by atoms with Crippen LogP contribution in [0.1, 0.15) is 77.6 Å². The molecule has 1 amide bonds. The zero-order valence-electron chi connectivity index (χ0n) is 12.5. The van der Waals surface area contributed by atoms with Gasteiger partial charge in [0.25, 0.3) is 0 Å². The van der Waals surface area contributed by atoms with Crippen LogP contribution in [-0.2, 0) is 4.79 Å². The molecule has 0 saturated carbocycles. The summed E-state index contributed by atoms with van der Waals surface area (Å²) in [7, 11) is 0. The minimum absolute atomic E-state index is 0.366. The van der Waals surface area contributed by atoms with E-state index in [9.17, 15) is 4.79 Å². The smallest absolute Gasteiger partial charge is 0.222 e. The summed E-state index contributed by atoms with van der Waals surface area (Å²) in [4.78, 5) is 14.4. The maximum absolute atomic E-state index is 12.3. The average Bonchev–Trinajstić information content (AvgIpc) is 2.43. The molecule has 0 N–H and O–H groups in total. The van der Waals surface area contributed by atoms with Crippen LogP contribution in [0.4, 0.5) is 0 Å². The quantitative estimate of drug-likeness (QED) is 0.443. The summed E-state index contributed by atoms with van der Waals surface area (Å²) in [6.07, 6.45) is 12.8. The van der Waals surface area contributed by atoms with Crippen LogP contribution in [0.3, 0.4) is 0 Å². The van der Waals surface area contributed by atoms with E-state index in [1.807, 2.05) is 0 Å². The van der Waals surface area contributed by atoms with E-state index in [1.54, 1.807) is 0 Å². The molecule has 1 rings (SSSR count). The molecule has 1 aliphatic rings. The lowest BCUT2D eigenvalue weighted by molar-refractivity contribution is -0.135. The van der Waals surface area contributed by atoms with Gasteiger partial charge in [-0.2, -0.15) is 0 Å². The van der Waals surface area contributed by atoms with Crippen molar-refractivity contribution in [2.45, 2.75) is 83.6 Å². The molecule has 112 valence electrons. The molecule has 1 atom stereocenters. The number of carbonyl (C=O) groups excluding carboxylic acids is 1. The Kier molecular flexibility index (Phi) is 9.32. The monoisotopic (exact) mass is 287 g/mol. The molecule has 0 bridgehead atoms. The summed E-state index contributed by atoms with van der Waals surface area (Å²) >= 11 is 5.84. The molecule has 0 aromatic carbocycles. The number of likely N-dealkylation sites (tertiary alicyclic amines) is 1. The molecule has 2 nitrogen and oxygen atoms in total. The molecule has 1 unspecified atom stereocenters. The number of halogens is 1. The first-order valence-corrected chi connectivity index (χ1v) is 8.68. The number of nitrogens with zero attached hydrogens (tertiary/aromatic N) is 1. The Morgan fingerprint density at radius 1 is 1.16 bits per heavy atom. The Balaban J connectivity index is 2.19. The van der Waals surface area contributed by atoms with Crippen LogP contribution in [0.2, 0.25) is 0 Å². The first kappa shape index (κ1) is 16.8. The molecule has 1 aliphatic heterocycles. The molecular formula is C16H30ClNO. The lowest BCUT2D eigenvalue weighted by Crippen LogP contribution is -2.43. The highest BCUT2D eigenvalue weighted by Crippen LogP contribution is 2.21. The van der Waals surface area contributed by atoms with Gasteiger partial charge >= 0.3 is 0 Å². The van der Waals surface area contributed by atoms with E-state index in [1.165, 1.54) is 44.9 Å². The number of amides is 1. The second-order valence-electron chi connectivity index (χ2n) is 5.73. The average molecular weight is 288 g/mol. The lowest BCUT2D eigenvalue weighted by atomic mass is 9.99. The molecular weight excluding hydrogens is 258 g/mol. The minimum Gasteiger partial charge on any atom is -0.340 e. The maximum Gasteiger partial charge on any atom is 0.222 e. The van der Waals surface area contributed by atoms with Crippen molar-refractivity contribution in [2.75, 3.05) is 12.4 Å². The van der Waals surface area contributed by atoms with Crippen molar-refractivity contribution in [1.29, 1.82) is 0 Å². The number of hydrogen-bond acceptors (Lipinski definition) is 1. The maximum atomic E-state index is 12.3. The van der Waals surface area contributed by atoms with E-state index in [4.69, 9.17) is 11.6 Å². The molecule has 0 aliphatic carbocycles. The van der Waals surface area contributed by atoms with Crippen molar-refractivity contribution in [3.8, 4) is 0 Å². The third-order valence-corrected chi connectivity index (χ3v) is 4.35. The van der Waals surface area contributed by atoms with E-state index in [0.717, 1.165) is 32.2 Å². The Bertz CT molecular complexity index is 243. The molecule has 0 radical (unpaired) electrons. The Hall–Kier alpha value is -0.240. The number of unbranched alkanes of at least 4 members (excludes halogenated alkanes) is 5. The van der Waals surface area contributed by atoms with Gasteiger partial charge in [0.15, 0.2) is 0 Å². The first-order valence-electron chi connectivity index (χ1n) is 8.15. The molecule has 1 heterocycles. The number of carbonyl (C=O) groups is 1. The predicted molar refractivity (Wildman–Crippen MR) is 82.7 cm³/mol. The van der Waals surface area contributed by atoms with Gasteiger partial charge in [-0.05, 0) is 32.1 Å². The fourth-order valence-electron chi connectivity index (χ4n) is 2.96. The summed E-state index contributed by atoms with van der Waals surface area (Å²) in [6, 6.07) is 0.416. The van der Waals surface area contributed by atoms with Crippen LogP contribution in [0.5, 0.6) is 0 Å². The number of rotatable bonds is 9. The highest BCUT2D eigenvalue weighted by Gasteiger charge is 2.25. The van der Waals surface area contributed by atoms with Gasteiger partial charge in [-0.3, -0.25) is 4.79 Å². The summed E-state index contributed by atoms with van der Waals surface area (Å²) in [5.74, 6) is 1.04. The SMILES string of the molecule is CCCCCCCCC(=O)N1CCCCC1CCCl. The van der Waals surface area contributed by atoms with E-state index < -0.39 is 0 Å². The van der Waals surface area contributed by atoms with Gasteiger partial charge in [-0.15, -0.1) is 11.6 Å². The van der Waals surface area contributed by atoms with E-state index >= 15 is 0 Å². The molecule has 0 aromatic rings. The standard InChI is InChI=1S/C16H30ClNO/c1-2-3-4-5-6-7-11-16(19)18-14-9-8-10-15(18)12-13-17/h15H,2-14H2,1H3. The van der Waals surface area contributed by atoms with Crippen LogP contribution < -0.4 is 0 Å². The minimum atomic E-state index is 0.366. The van der Waals surface area contributed by atoms with Gasteiger partial charge in [-0.1, -0.05) is 39.0 Å². The Labute approximate surface area is 123 Å². The topological polar surface area (TPSA) is 20.3 Å². The molecule has 1 fully saturated rings. The molecule has 19 heavy (non-hydrogen) atoms. The summed E-state index contributed by atoms with van der Waals surface area (Å²) in [5.41, 5.74) is 0. The van der Waals surface area contributed by atoms with Crippen molar-refractivity contribution in [3.05, 3.63) is 0 Å². The van der Waals surface area contributed by atoms with Crippen molar-refractivity contribution in [2.24, 2.45) is 0 Å². The van der Waals surface area contributed by atoms with Crippen LogP contribution >= 0.6 is 11.6 Å². The van der Waals surface area contributed by atoms with E-state index in [-0.39, 0.29) is 0 Å². The summed E-state index contributed by atoms with van der Waals surface area (Å²) < 4.78 is 0. The second kappa shape index (κ2) is 10.5. The highest BCUT2D eigenvalue weighted by molar-refractivity contribution is 6.17. The van der Waals surface area contributed by atoms with Gasteiger partial charge in [-0.25, -0.2) is 0 Å². The Morgan fingerprint density at radius 3 is 2.63 bits per heavy atom. The van der Waals surface area contributed by atoms with Crippen LogP contribution in [0.15, 0.2) is 0 Å². The first-order chi connectivity index (χ1) is 9.29. The normalized spacial score (nSPS) is 19.7. The van der Waals surface area contributed by atoms with Crippen molar-refractivity contribution in [1.82, 2.24) is 4.90 Å².